The molecule has 1 aliphatic heterocycles. The number of carbonyl (C=O) groups excluding carboxylic acids is 1. The molecule has 2 heterocycles. The predicted octanol–water partition coefficient (Wildman–Crippen LogP) is 4.15. The molecule has 0 spiro atoms. The van der Waals surface area contributed by atoms with Crippen molar-refractivity contribution in [2.75, 3.05) is 19.8 Å². The highest BCUT2D eigenvalue weighted by atomic mass is 35.5. The minimum atomic E-state index is -0.439. The second-order valence-electron chi connectivity index (χ2n) is 7.42. The average molecular weight is 442 g/mol. The lowest BCUT2D eigenvalue weighted by Gasteiger charge is -2.26. The second-order valence-corrected chi connectivity index (χ2v) is 7.86. The number of aliphatic hydroxyl groups is 1. The Kier molecular flexibility index (Phi) is 6.15. The van der Waals surface area contributed by atoms with Gasteiger partial charge >= 0.3 is 0 Å². The fourth-order valence-corrected chi connectivity index (χ4v) is 4.08. The van der Waals surface area contributed by atoms with Gasteiger partial charge in [0.25, 0.3) is 5.91 Å². The summed E-state index contributed by atoms with van der Waals surface area (Å²) in [6.45, 7) is 2.99. The van der Waals surface area contributed by atoms with Gasteiger partial charge in [-0.15, -0.1) is 0 Å². The van der Waals surface area contributed by atoms with E-state index in [0.717, 1.165) is 17.7 Å². The zero-order valence-corrected chi connectivity index (χ0v) is 17.9. The zero-order valence-electron chi connectivity index (χ0n) is 17.1. The Balaban J connectivity index is 1.85. The van der Waals surface area contributed by atoms with Crippen LogP contribution < -0.4 is 4.74 Å². The summed E-state index contributed by atoms with van der Waals surface area (Å²) in [6.07, 6.45) is 1.34. The number of H-pyrrole nitrogens is 1. The van der Waals surface area contributed by atoms with Gasteiger partial charge in [-0.1, -0.05) is 30.7 Å². The number of ether oxygens (including phenoxy) is 1. The van der Waals surface area contributed by atoms with Crippen molar-refractivity contribution < 1.29 is 19.7 Å². The van der Waals surface area contributed by atoms with Gasteiger partial charge in [0.2, 0.25) is 0 Å². The van der Waals surface area contributed by atoms with Crippen molar-refractivity contribution in [2.45, 2.75) is 25.8 Å². The average Bonchev–Trinajstić information content (AvgIpc) is 3.31. The molecule has 3 N–H and O–H groups in total. The van der Waals surface area contributed by atoms with E-state index in [2.05, 4.69) is 10.2 Å². The molecule has 1 unspecified atom stereocenters. The molecule has 8 heteroatoms. The van der Waals surface area contributed by atoms with Crippen LogP contribution in [0.5, 0.6) is 11.5 Å². The number of aromatic hydroxyl groups is 1. The fourth-order valence-electron chi connectivity index (χ4n) is 3.91. The van der Waals surface area contributed by atoms with Crippen molar-refractivity contribution >= 4 is 17.5 Å². The Morgan fingerprint density at radius 2 is 2.10 bits per heavy atom. The van der Waals surface area contributed by atoms with Gasteiger partial charge in [-0.25, -0.2) is 0 Å². The molecule has 1 atom stereocenters. The number of halogens is 1. The highest BCUT2D eigenvalue weighted by Crippen LogP contribution is 2.45. The first-order chi connectivity index (χ1) is 15.0. The number of rotatable bonds is 8. The summed E-state index contributed by atoms with van der Waals surface area (Å²) in [5, 5.41) is 27.5. The Bertz CT molecular complexity index is 1100. The number of nitrogens with zero attached hydrogens (tertiary/aromatic N) is 2. The number of benzene rings is 2. The first kappa shape index (κ1) is 21.2. The quantitative estimate of drug-likeness (QED) is 0.487. The van der Waals surface area contributed by atoms with Crippen LogP contribution in [0.3, 0.4) is 0 Å². The van der Waals surface area contributed by atoms with Crippen molar-refractivity contribution in [2.24, 2.45) is 0 Å². The summed E-state index contributed by atoms with van der Waals surface area (Å²) in [4.78, 5) is 14.9. The molecule has 1 aromatic heterocycles. The Morgan fingerprint density at radius 3 is 2.87 bits per heavy atom. The van der Waals surface area contributed by atoms with Gasteiger partial charge in [0, 0.05) is 29.3 Å². The van der Waals surface area contributed by atoms with Gasteiger partial charge in [0.1, 0.15) is 22.9 Å². The van der Waals surface area contributed by atoms with Crippen LogP contribution in [0.4, 0.5) is 0 Å². The number of aromatic amines is 1. The highest BCUT2D eigenvalue weighted by molar-refractivity contribution is 6.31. The summed E-state index contributed by atoms with van der Waals surface area (Å²) >= 11 is 6.16. The van der Waals surface area contributed by atoms with Crippen LogP contribution in [0.25, 0.3) is 11.3 Å². The van der Waals surface area contributed by atoms with Crippen LogP contribution in [-0.2, 0) is 0 Å². The lowest BCUT2D eigenvalue weighted by molar-refractivity contribution is 0.0732. The molecular formula is C23H24ClN3O4. The number of phenolic OH excluding ortho intramolecular Hbond substituents is 1. The van der Waals surface area contributed by atoms with Gasteiger partial charge in [0.05, 0.1) is 12.6 Å². The van der Waals surface area contributed by atoms with Crippen LogP contribution in [0.15, 0.2) is 42.5 Å². The third-order valence-electron chi connectivity index (χ3n) is 5.28. The number of aliphatic hydroxyl groups excluding tert-OH is 1. The SMILES string of the molecule is CCCOc1cccc(C2c3c(-c4cc(Cl)ccc4O)n[nH]c3C(=O)N2CCCO)c1. The molecule has 7 nitrogen and oxygen atoms in total. The molecule has 0 bridgehead atoms. The Hall–Kier alpha value is -3.03. The molecule has 31 heavy (non-hydrogen) atoms. The normalized spacial score (nSPS) is 15.4. The number of phenols is 1. The number of hydrogen-bond donors (Lipinski definition) is 3. The Labute approximate surface area is 185 Å². The van der Waals surface area contributed by atoms with Crippen molar-refractivity contribution in [3.05, 3.63) is 64.3 Å². The van der Waals surface area contributed by atoms with E-state index < -0.39 is 6.04 Å². The van der Waals surface area contributed by atoms with Gasteiger partial charge < -0.3 is 19.8 Å². The van der Waals surface area contributed by atoms with E-state index in [0.29, 0.717) is 47.1 Å². The van der Waals surface area contributed by atoms with Crippen molar-refractivity contribution in [3.8, 4) is 22.8 Å². The summed E-state index contributed by atoms with van der Waals surface area (Å²) in [5.41, 5.74) is 2.83. The number of amides is 1. The molecular weight excluding hydrogens is 418 g/mol. The van der Waals surface area contributed by atoms with Crippen LogP contribution in [0, 0.1) is 0 Å². The van der Waals surface area contributed by atoms with Crippen LogP contribution in [-0.4, -0.2) is 51.0 Å². The lowest BCUT2D eigenvalue weighted by atomic mass is 9.95. The number of fused-ring (bicyclic) bond motifs is 1. The molecule has 162 valence electrons. The van der Waals surface area contributed by atoms with Crippen molar-refractivity contribution in [1.29, 1.82) is 0 Å². The molecule has 0 fully saturated rings. The van der Waals surface area contributed by atoms with Crippen molar-refractivity contribution in [1.82, 2.24) is 15.1 Å². The molecule has 1 aliphatic rings. The molecule has 3 aromatic rings. The first-order valence-electron chi connectivity index (χ1n) is 10.3. The standard InChI is InChI=1S/C23H24ClN3O4/c1-2-11-31-16-6-3-5-14(12-16)22-19-20(17-13-15(24)7-8-18(17)29)25-26-21(19)23(30)27(22)9-4-10-28/h3,5-8,12-13,22,28-29H,2,4,9-11H2,1H3,(H,25,26). The van der Waals surface area contributed by atoms with Gasteiger partial charge in [-0.3, -0.25) is 9.89 Å². The number of aromatic nitrogens is 2. The van der Waals surface area contributed by atoms with E-state index in [9.17, 15) is 15.0 Å². The van der Waals surface area contributed by atoms with E-state index in [1.165, 1.54) is 6.07 Å². The largest absolute Gasteiger partial charge is 0.507 e. The van der Waals surface area contributed by atoms with Gasteiger partial charge in [-0.05, 0) is 48.7 Å². The third-order valence-corrected chi connectivity index (χ3v) is 5.52. The van der Waals surface area contributed by atoms with Gasteiger partial charge in [-0.2, -0.15) is 5.10 Å². The second kappa shape index (κ2) is 8.99. The highest BCUT2D eigenvalue weighted by Gasteiger charge is 2.42. The van der Waals surface area contributed by atoms with Crippen LogP contribution in [0.2, 0.25) is 5.02 Å². The minimum absolute atomic E-state index is 0.0235. The molecule has 4 rings (SSSR count). The van der Waals surface area contributed by atoms with E-state index in [1.807, 2.05) is 31.2 Å². The molecule has 0 saturated heterocycles. The fraction of sp³-hybridized carbons (Fsp3) is 0.304. The van der Waals surface area contributed by atoms with E-state index in [-0.39, 0.29) is 18.3 Å². The Morgan fingerprint density at radius 1 is 1.26 bits per heavy atom. The zero-order chi connectivity index (χ0) is 22.0. The molecule has 0 radical (unpaired) electrons. The van der Waals surface area contributed by atoms with E-state index in [4.69, 9.17) is 16.3 Å². The number of carbonyl (C=O) groups is 1. The summed E-state index contributed by atoms with van der Waals surface area (Å²) in [6, 6.07) is 11.9. The minimum Gasteiger partial charge on any atom is -0.507 e. The summed E-state index contributed by atoms with van der Waals surface area (Å²) in [5.74, 6) is 0.547. The molecule has 1 amide bonds. The monoisotopic (exact) mass is 441 g/mol. The summed E-state index contributed by atoms with van der Waals surface area (Å²) in [7, 11) is 0. The van der Waals surface area contributed by atoms with Crippen LogP contribution in [0.1, 0.15) is 47.4 Å². The maximum absolute atomic E-state index is 13.2. The predicted molar refractivity (Wildman–Crippen MR) is 118 cm³/mol. The van der Waals surface area contributed by atoms with Crippen LogP contribution >= 0.6 is 11.6 Å². The van der Waals surface area contributed by atoms with Crippen molar-refractivity contribution in [3.63, 3.8) is 0 Å². The number of nitrogens with one attached hydrogen (secondary N) is 1. The maximum atomic E-state index is 13.2. The van der Waals surface area contributed by atoms with Gasteiger partial charge in [0.15, 0.2) is 0 Å². The van der Waals surface area contributed by atoms with E-state index >= 15 is 0 Å². The van der Waals surface area contributed by atoms with E-state index in [1.54, 1.807) is 17.0 Å². The first-order valence-corrected chi connectivity index (χ1v) is 10.6. The smallest absolute Gasteiger partial charge is 0.273 e. The maximum Gasteiger partial charge on any atom is 0.273 e. The lowest BCUT2D eigenvalue weighted by Crippen LogP contribution is -2.31. The molecule has 0 aliphatic carbocycles. The molecule has 0 saturated carbocycles. The molecule has 2 aromatic carbocycles. The summed E-state index contributed by atoms with van der Waals surface area (Å²) < 4.78 is 5.79. The topological polar surface area (TPSA) is 98.7 Å². The third kappa shape index (κ3) is 3.98. The number of hydrogen-bond acceptors (Lipinski definition) is 5.